The molecule has 0 aliphatic carbocycles. The molecule has 0 spiro atoms. The number of nitrogens with zero attached hydrogens (tertiary/aromatic N) is 1. The first kappa shape index (κ1) is 19.0. The zero-order valence-corrected chi connectivity index (χ0v) is 15.3. The second-order valence-corrected chi connectivity index (χ2v) is 6.67. The molecule has 1 fully saturated rings. The number of hydrogen-bond donors (Lipinski definition) is 3. The van der Waals surface area contributed by atoms with Crippen molar-refractivity contribution in [3.8, 4) is 0 Å². The number of hydrogen-bond acceptors (Lipinski definition) is 4. The van der Waals surface area contributed by atoms with Crippen LogP contribution in [-0.2, 0) is 6.54 Å². The lowest BCUT2D eigenvalue weighted by Crippen LogP contribution is -2.48. The fraction of sp³-hybridized carbons (Fsp3) is 0.400. The summed E-state index contributed by atoms with van der Waals surface area (Å²) in [6.07, 6.45) is 3.33. The van der Waals surface area contributed by atoms with Gasteiger partial charge in [0.2, 0.25) is 0 Å². The fourth-order valence-electron chi connectivity index (χ4n) is 3.16. The molecule has 0 unspecified atom stereocenters. The van der Waals surface area contributed by atoms with Crippen molar-refractivity contribution in [2.24, 2.45) is 0 Å². The van der Waals surface area contributed by atoms with Crippen LogP contribution in [0.15, 0.2) is 53.1 Å². The molecule has 3 amide bonds. The Hall–Kier alpha value is -2.80. The summed E-state index contributed by atoms with van der Waals surface area (Å²) in [5.74, 6) is -0.0188. The monoisotopic (exact) mass is 370 g/mol. The highest BCUT2D eigenvalue weighted by atomic mass is 16.3. The number of carbonyl (C=O) groups excluding carboxylic acids is 2. The number of urea groups is 1. The van der Waals surface area contributed by atoms with E-state index in [1.54, 1.807) is 12.1 Å². The van der Waals surface area contributed by atoms with Crippen LogP contribution < -0.4 is 16.0 Å². The second kappa shape index (κ2) is 9.78. The second-order valence-electron chi connectivity index (χ2n) is 6.67. The standard InChI is InChI=1S/C20H26N4O3/c25-19(18-7-4-14-27-18)21-10-11-22-20(26)23-17-8-12-24(13-9-17)15-16-5-2-1-3-6-16/h1-7,14,17H,8-13,15H2,(H,21,25)(H2,22,23,26). The van der Waals surface area contributed by atoms with E-state index in [4.69, 9.17) is 4.42 Å². The van der Waals surface area contributed by atoms with Crippen LogP contribution in [0.1, 0.15) is 29.0 Å². The molecule has 3 rings (SSSR count). The number of amides is 3. The molecule has 0 saturated carbocycles. The van der Waals surface area contributed by atoms with Crippen LogP contribution in [0.4, 0.5) is 4.79 Å². The van der Waals surface area contributed by atoms with Gasteiger partial charge in [0, 0.05) is 38.8 Å². The van der Waals surface area contributed by atoms with Gasteiger partial charge < -0.3 is 20.4 Å². The van der Waals surface area contributed by atoms with Gasteiger partial charge in [-0.05, 0) is 30.5 Å². The van der Waals surface area contributed by atoms with Gasteiger partial charge >= 0.3 is 6.03 Å². The SMILES string of the molecule is O=C(NCCNC(=O)c1ccco1)NC1CCN(Cc2ccccc2)CC1. The highest BCUT2D eigenvalue weighted by Gasteiger charge is 2.20. The van der Waals surface area contributed by atoms with E-state index in [2.05, 4.69) is 45.1 Å². The lowest BCUT2D eigenvalue weighted by molar-refractivity contribution is 0.0926. The van der Waals surface area contributed by atoms with Crippen LogP contribution in [0.2, 0.25) is 0 Å². The quantitative estimate of drug-likeness (QED) is 0.651. The van der Waals surface area contributed by atoms with Gasteiger partial charge in [-0.15, -0.1) is 0 Å². The summed E-state index contributed by atoms with van der Waals surface area (Å²) < 4.78 is 5.00. The van der Waals surface area contributed by atoms with Crippen LogP contribution in [0.25, 0.3) is 0 Å². The van der Waals surface area contributed by atoms with Gasteiger partial charge in [-0.25, -0.2) is 4.79 Å². The zero-order valence-electron chi connectivity index (χ0n) is 15.3. The van der Waals surface area contributed by atoms with E-state index in [1.165, 1.54) is 11.8 Å². The molecular weight excluding hydrogens is 344 g/mol. The van der Waals surface area contributed by atoms with Gasteiger partial charge in [0.25, 0.3) is 5.91 Å². The van der Waals surface area contributed by atoms with Crippen molar-refractivity contribution in [2.45, 2.75) is 25.4 Å². The summed E-state index contributed by atoms with van der Waals surface area (Å²) in [5.41, 5.74) is 1.32. The van der Waals surface area contributed by atoms with E-state index in [1.807, 2.05) is 6.07 Å². The van der Waals surface area contributed by atoms with E-state index in [0.29, 0.717) is 13.1 Å². The van der Waals surface area contributed by atoms with Crippen molar-refractivity contribution >= 4 is 11.9 Å². The zero-order chi connectivity index (χ0) is 18.9. The Morgan fingerprint density at radius 3 is 2.44 bits per heavy atom. The largest absolute Gasteiger partial charge is 0.459 e. The molecule has 7 nitrogen and oxygen atoms in total. The normalized spacial score (nSPS) is 15.3. The van der Waals surface area contributed by atoms with Crippen molar-refractivity contribution in [3.05, 3.63) is 60.1 Å². The summed E-state index contributed by atoms with van der Waals surface area (Å²) in [6, 6.07) is 13.7. The predicted octanol–water partition coefficient (Wildman–Crippen LogP) is 1.97. The molecule has 3 N–H and O–H groups in total. The maximum absolute atomic E-state index is 12.0. The van der Waals surface area contributed by atoms with Crippen molar-refractivity contribution in [3.63, 3.8) is 0 Å². The number of carbonyl (C=O) groups is 2. The van der Waals surface area contributed by atoms with Gasteiger partial charge in [0.15, 0.2) is 5.76 Å². The van der Waals surface area contributed by atoms with Crippen molar-refractivity contribution < 1.29 is 14.0 Å². The highest BCUT2D eigenvalue weighted by molar-refractivity contribution is 5.91. The van der Waals surface area contributed by atoms with Crippen LogP contribution in [0.3, 0.4) is 0 Å². The first-order valence-corrected chi connectivity index (χ1v) is 9.33. The maximum atomic E-state index is 12.0. The molecule has 1 aliphatic rings. The molecule has 7 heteroatoms. The van der Waals surface area contributed by atoms with Gasteiger partial charge in [-0.3, -0.25) is 9.69 Å². The molecule has 144 valence electrons. The number of piperidine rings is 1. The number of nitrogens with one attached hydrogen (secondary N) is 3. The predicted molar refractivity (Wildman–Crippen MR) is 102 cm³/mol. The number of rotatable bonds is 7. The molecule has 0 bridgehead atoms. The summed E-state index contributed by atoms with van der Waals surface area (Å²) in [5, 5.41) is 8.47. The minimum atomic E-state index is -0.284. The third-order valence-electron chi connectivity index (χ3n) is 4.61. The first-order chi connectivity index (χ1) is 13.2. The number of benzene rings is 1. The Balaban J connectivity index is 1.27. The van der Waals surface area contributed by atoms with Gasteiger partial charge in [0.05, 0.1) is 6.26 Å². The minimum Gasteiger partial charge on any atom is -0.459 e. The summed E-state index contributed by atoms with van der Waals surface area (Å²) >= 11 is 0. The van der Waals surface area contributed by atoms with Gasteiger partial charge in [-0.1, -0.05) is 30.3 Å². The Morgan fingerprint density at radius 1 is 1.00 bits per heavy atom. The molecule has 1 aromatic carbocycles. The van der Waals surface area contributed by atoms with E-state index in [-0.39, 0.29) is 23.7 Å². The van der Waals surface area contributed by atoms with Crippen LogP contribution in [0.5, 0.6) is 0 Å². The molecular formula is C20H26N4O3. The molecule has 2 heterocycles. The smallest absolute Gasteiger partial charge is 0.315 e. The molecule has 0 radical (unpaired) electrons. The minimum absolute atomic E-state index is 0.190. The van der Waals surface area contributed by atoms with E-state index in [0.717, 1.165) is 32.5 Å². The number of furan rings is 1. The summed E-state index contributed by atoms with van der Waals surface area (Å²) in [6.45, 7) is 3.61. The Bertz CT molecular complexity index is 710. The Labute approximate surface area is 159 Å². The maximum Gasteiger partial charge on any atom is 0.315 e. The average Bonchev–Trinajstić information content (AvgIpc) is 3.22. The average molecular weight is 370 g/mol. The highest BCUT2D eigenvalue weighted by Crippen LogP contribution is 2.13. The molecule has 1 saturated heterocycles. The summed E-state index contributed by atoms with van der Waals surface area (Å²) in [4.78, 5) is 26.1. The van der Waals surface area contributed by atoms with Crippen molar-refractivity contribution in [1.29, 1.82) is 0 Å². The Kier molecular flexibility index (Phi) is 6.87. The fourth-order valence-corrected chi connectivity index (χ4v) is 3.16. The van der Waals surface area contributed by atoms with Crippen molar-refractivity contribution in [2.75, 3.05) is 26.2 Å². The first-order valence-electron chi connectivity index (χ1n) is 9.33. The molecule has 2 aromatic rings. The van der Waals surface area contributed by atoms with E-state index in [9.17, 15) is 9.59 Å². The van der Waals surface area contributed by atoms with E-state index < -0.39 is 0 Å². The van der Waals surface area contributed by atoms with Gasteiger partial charge in [0.1, 0.15) is 0 Å². The van der Waals surface area contributed by atoms with Crippen LogP contribution >= 0.6 is 0 Å². The van der Waals surface area contributed by atoms with E-state index >= 15 is 0 Å². The topological polar surface area (TPSA) is 86.6 Å². The Morgan fingerprint density at radius 2 is 1.74 bits per heavy atom. The third-order valence-corrected chi connectivity index (χ3v) is 4.61. The summed E-state index contributed by atoms with van der Waals surface area (Å²) in [7, 11) is 0. The lowest BCUT2D eigenvalue weighted by Gasteiger charge is -2.32. The lowest BCUT2D eigenvalue weighted by atomic mass is 10.0. The molecule has 27 heavy (non-hydrogen) atoms. The van der Waals surface area contributed by atoms with Crippen molar-refractivity contribution in [1.82, 2.24) is 20.9 Å². The molecule has 1 aromatic heterocycles. The molecule has 1 aliphatic heterocycles. The molecule has 0 atom stereocenters. The van der Waals surface area contributed by atoms with Crippen LogP contribution in [0, 0.1) is 0 Å². The number of likely N-dealkylation sites (tertiary alicyclic amines) is 1. The van der Waals surface area contributed by atoms with Crippen LogP contribution in [-0.4, -0.2) is 49.1 Å². The third kappa shape index (κ3) is 6.14. The van der Waals surface area contributed by atoms with Gasteiger partial charge in [-0.2, -0.15) is 0 Å².